The Kier molecular flexibility index (Phi) is 4.35. The van der Waals surface area contributed by atoms with Crippen LogP contribution in [0, 0.1) is 0 Å². The molecule has 0 radical (unpaired) electrons. The highest BCUT2D eigenvalue weighted by Gasteiger charge is 2.26. The normalized spacial score (nSPS) is 25.3. The first-order valence-electron chi connectivity index (χ1n) is 5.60. The minimum atomic E-state index is -0.620. The molecule has 1 heterocycles. The first-order valence-corrected chi connectivity index (χ1v) is 5.60. The first kappa shape index (κ1) is 12.0. The van der Waals surface area contributed by atoms with E-state index in [1.54, 1.807) is 0 Å². The predicted octanol–water partition coefficient (Wildman–Crippen LogP) is 0.994. The van der Waals surface area contributed by atoms with E-state index >= 15 is 0 Å². The summed E-state index contributed by atoms with van der Waals surface area (Å²) in [7, 11) is 0. The molecule has 0 aromatic heterocycles. The minimum Gasteiger partial charge on any atom is -0.396 e. The average molecular weight is 201 g/mol. The van der Waals surface area contributed by atoms with Crippen LogP contribution in [-0.4, -0.2) is 46.5 Å². The molecule has 3 nitrogen and oxygen atoms in total. The van der Waals surface area contributed by atoms with Crippen molar-refractivity contribution in [2.24, 2.45) is 0 Å². The highest BCUT2D eigenvalue weighted by molar-refractivity contribution is 4.81. The van der Waals surface area contributed by atoms with E-state index in [1.165, 1.54) is 12.8 Å². The van der Waals surface area contributed by atoms with Crippen molar-refractivity contribution in [2.75, 3.05) is 19.7 Å². The van der Waals surface area contributed by atoms with Gasteiger partial charge in [0.25, 0.3) is 0 Å². The summed E-state index contributed by atoms with van der Waals surface area (Å²) in [4.78, 5) is 2.32. The quantitative estimate of drug-likeness (QED) is 0.713. The lowest BCUT2D eigenvalue weighted by atomic mass is 9.97. The Balaban J connectivity index is 2.45. The van der Waals surface area contributed by atoms with Gasteiger partial charge in [0.05, 0.1) is 5.60 Å². The van der Waals surface area contributed by atoms with Crippen molar-refractivity contribution in [3.8, 4) is 0 Å². The predicted molar refractivity (Wildman–Crippen MR) is 57.2 cm³/mol. The molecule has 1 atom stereocenters. The number of likely N-dealkylation sites (tertiary alicyclic amines) is 1. The standard InChI is InChI=1S/C11H23NO2/c1-11(2,14)9-12-7-4-3-5-10(12)6-8-13/h10,13-14H,3-9H2,1-2H3. The van der Waals surface area contributed by atoms with Gasteiger partial charge < -0.3 is 10.2 Å². The zero-order chi connectivity index (χ0) is 10.6. The Labute approximate surface area is 86.7 Å². The van der Waals surface area contributed by atoms with Gasteiger partial charge in [-0.3, -0.25) is 4.90 Å². The number of rotatable bonds is 4. The second-order valence-corrected chi connectivity index (χ2v) is 4.94. The van der Waals surface area contributed by atoms with Gasteiger partial charge in [0.15, 0.2) is 0 Å². The fourth-order valence-electron chi connectivity index (χ4n) is 2.24. The van der Waals surface area contributed by atoms with Crippen LogP contribution in [-0.2, 0) is 0 Å². The Bertz CT molecular complexity index is 163. The van der Waals surface area contributed by atoms with E-state index in [-0.39, 0.29) is 6.61 Å². The van der Waals surface area contributed by atoms with Gasteiger partial charge in [-0.15, -0.1) is 0 Å². The van der Waals surface area contributed by atoms with Crippen LogP contribution >= 0.6 is 0 Å². The van der Waals surface area contributed by atoms with Gasteiger partial charge in [0.2, 0.25) is 0 Å². The lowest BCUT2D eigenvalue weighted by molar-refractivity contribution is 0.00494. The van der Waals surface area contributed by atoms with Gasteiger partial charge in [-0.2, -0.15) is 0 Å². The van der Waals surface area contributed by atoms with Crippen molar-refractivity contribution in [3.63, 3.8) is 0 Å². The summed E-state index contributed by atoms with van der Waals surface area (Å²) >= 11 is 0. The topological polar surface area (TPSA) is 43.7 Å². The molecule has 1 rings (SSSR count). The number of nitrogens with zero attached hydrogens (tertiary/aromatic N) is 1. The zero-order valence-corrected chi connectivity index (χ0v) is 9.37. The van der Waals surface area contributed by atoms with Crippen molar-refractivity contribution < 1.29 is 10.2 Å². The molecule has 0 amide bonds. The van der Waals surface area contributed by atoms with E-state index in [1.807, 2.05) is 13.8 Å². The molecule has 0 saturated carbocycles. The zero-order valence-electron chi connectivity index (χ0n) is 9.37. The second-order valence-electron chi connectivity index (χ2n) is 4.94. The van der Waals surface area contributed by atoms with Gasteiger partial charge >= 0.3 is 0 Å². The maximum absolute atomic E-state index is 9.75. The smallest absolute Gasteiger partial charge is 0.0718 e. The minimum absolute atomic E-state index is 0.257. The average Bonchev–Trinajstić information content (AvgIpc) is 2.06. The highest BCUT2D eigenvalue weighted by Crippen LogP contribution is 2.21. The largest absolute Gasteiger partial charge is 0.396 e. The van der Waals surface area contributed by atoms with Crippen LogP contribution < -0.4 is 0 Å². The number of β-amino-alcohol motifs (C(OH)–C–C–N with tert-alkyl or cyclic N) is 1. The van der Waals surface area contributed by atoms with Gasteiger partial charge in [-0.25, -0.2) is 0 Å². The summed E-state index contributed by atoms with van der Waals surface area (Å²) in [6.07, 6.45) is 4.48. The summed E-state index contributed by atoms with van der Waals surface area (Å²) in [6, 6.07) is 0.472. The number of aliphatic hydroxyl groups is 2. The molecule has 0 aromatic carbocycles. The molecule has 2 N–H and O–H groups in total. The number of aliphatic hydroxyl groups excluding tert-OH is 1. The summed E-state index contributed by atoms with van der Waals surface area (Å²) in [6.45, 7) is 5.73. The number of piperidine rings is 1. The fraction of sp³-hybridized carbons (Fsp3) is 1.00. The van der Waals surface area contributed by atoms with Crippen molar-refractivity contribution in [1.29, 1.82) is 0 Å². The van der Waals surface area contributed by atoms with Gasteiger partial charge in [-0.05, 0) is 39.7 Å². The maximum atomic E-state index is 9.75. The first-order chi connectivity index (χ1) is 6.53. The molecule has 1 saturated heterocycles. The van der Waals surface area contributed by atoms with Gasteiger partial charge in [-0.1, -0.05) is 6.42 Å². The maximum Gasteiger partial charge on any atom is 0.0718 e. The molecule has 14 heavy (non-hydrogen) atoms. The second kappa shape index (κ2) is 5.10. The van der Waals surface area contributed by atoms with E-state index in [0.717, 1.165) is 25.9 Å². The molecule has 1 aliphatic rings. The summed E-state index contributed by atoms with van der Waals surface area (Å²) in [5, 5.41) is 18.7. The Morgan fingerprint density at radius 3 is 2.64 bits per heavy atom. The van der Waals surface area contributed by atoms with Crippen LogP contribution in [0.3, 0.4) is 0 Å². The monoisotopic (exact) mass is 201 g/mol. The molecule has 0 spiro atoms. The molecular formula is C11H23NO2. The molecule has 1 aliphatic heterocycles. The SMILES string of the molecule is CC(C)(O)CN1CCCCC1CCO. The molecule has 3 heteroatoms. The lowest BCUT2D eigenvalue weighted by Crippen LogP contribution is -2.47. The van der Waals surface area contributed by atoms with Crippen LogP contribution in [0.4, 0.5) is 0 Å². The van der Waals surface area contributed by atoms with E-state index in [0.29, 0.717) is 6.04 Å². The van der Waals surface area contributed by atoms with Crippen molar-refractivity contribution >= 4 is 0 Å². The molecule has 0 bridgehead atoms. The van der Waals surface area contributed by atoms with Crippen molar-refractivity contribution in [1.82, 2.24) is 4.90 Å². The van der Waals surface area contributed by atoms with Crippen molar-refractivity contribution in [2.45, 2.75) is 51.2 Å². The number of hydrogen-bond acceptors (Lipinski definition) is 3. The third-order valence-corrected chi connectivity index (χ3v) is 2.80. The highest BCUT2D eigenvalue weighted by atomic mass is 16.3. The van der Waals surface area contributed by atoms with E-state index in [2.05, 4.69) is 4.90 Å². The molecular weight excluding hydrogens is 178 g/mol. The van der Waals surface area contributed by atoms with Gasteiger partial charge in [0.1, 0.15) is 0 Å². The van der Waals surface area contributed by atoms with Crippen LogP contribution in [0.5, 0.6) is 0 Å². The summed E-state index contributed by atoms with van der Waals surface area (Å²) < 4.78 is 0. The van der Waals surface area contributed by atoms with E-state index in [4.69, 9.17) is 5.11 Å². The van der Waals surface area contributed by atoms with Crippen LogP contribution in [0.1, 0.15) is 39.5 Å². The molecule has 0 aromatic rings. The lowest BCUT2D eigenvalue weighted by Gasteiger charge is -2.38. The van der Waals surface area contributed by atoms with Crippen molar-refractivity contribution in [3.05, 3.63) is 0 Å². The molecule has 1 fully saturated rings. The fourth-order valence-corrected chi connectivity index (χ4v) is 2.24. The Morgan fingerprint density at radius 2 is 2.07 bits per heavy atom. The summed E-state index contributed by atoms with van der Waals surface area (Å²) in [5.41, 5.74) is -0.620. The Morgan fingerprint density at radius 1 is 1.36 bits per heavy atom. The van der Waals surface area contributed by atoms with E-state index in [9.17, 15) is 5.11 Å². The summed E-state index contributed by atoms with van der Waals surface area (Å²) in [5.74, 6) is 0. The van der Waals surface area contributed by atoms with Crippen LogP contribution in [0.25, 0.3) is 0 Å². The molecule has 84 valence electrons. The van der Waals surface area contributed by atoms with Crippen LogP contribution in [0.2, 0.25) is 0 Å². The third kappa shape index (κ3) is 3.95. The van der Waals surface area contributed by atoms with Gasteiger partial charge in [0, 0.05) is 19.2 Å². The molecule has 0 aliphatic carbocycles. The third-order valence-electron chi connectivity index (χ3n) is 2.80. The molecule has 1 unspecified atom stereocenters. The Hall–Kier alpha value is -0.120. The number of hydrogen-bond donors (Lipinski definition) is 2. The van der Waals surface area contributed by atoms with Crippen LogP contribution in [0.15, 0.2) is 0 Å². The van der Waals surface area contributed by atoms with E-state index < -0.39 is 5.60 Å².